The van der Waals surface area contributed by atoms with Gasteiger partial charge < -0.3 is 19.2 Å². The number of nitrogens with one attached hydrogen (secondary N) is 2. The van der Waals surface area contributed by atoms with Crippen LogP contribution in [0.25, 0.3) is 22.1 Å². The van der Waals surface area contributed by atoms with Crippen molar-refractivity contribution in [3.05, 3.63) is 41.5 Å². The topological polar surface area (TPSA) is 107 Å². The fourth-order valence-corrected chi connectivity index (χ4v) is 3.20. The van der Waals surface area contributed by atoms with Crippen LogP contribution in [0.15, 0.2) is 35.4 Å². The number of fused-ring (bicyclic) bond motifs is 3. The highest BCUT2D eigenvalue weighted by atomic mass is 16.5. The number of nitrogens with zero attached hydrogens (tertiary/aromatic N) is 4. The molecule has 154 valence electrons. The van der Waals surface area contributed by atoms with Crippen LogP contribution in [0.4, 0.5) is 5.95 Å². The minimum Gasteiger partial charge on any atom is -0.496 e. The van der Waals surface area contributed by atoms with Gasteiger partial charge in [0.05, 0.1) is 27.5 Å². The highest BCUT2D eigenvalue weighted by Gasteiger charge is 2.11. The maximum atomic E-state index is 5.40. The number of aromatic amines is 1. The van der Waals surface area contributed by atoms with Gasteiger partial charge in [-0.25, -0.2) is 5.43 Å². The van der Waals surface area contributed by atoms with Gasteiger partial charge in [-0.05, 0) is 30.2 Å². The Balaban J connectivity index is 1.60. The van der Waals surface area contributed by atoms with Crippen LogP contribution in [0.5, 0.6) is 17.2 Å². The first kappa shape index (κ1) is 19.4. The monoisotopic (exact) mass is 406 g/mol. The van der Waals surface area contributed by atoms with Crippen LogP contribution in [-0.2, 0) is 6.42 Å². The summed E-state index contributed by atoms with van der Waals surface area (Å²) in [6, 6.07) is 9.74. The van der Waals surface area contributed by atoms with Crippen molar-refractivity contribution in [2.45, 2.75) is 13.3 Å². The average molecular weight is 406 g/mol. The maximum absolute atomic E-state index is 5.40. The van der Waals surface area contributed by atoms with Gasteiger partial charge in [-0.2, -0.15) is 10.1 Å². The molecule has 0 fully saturated rings. The first-order chi connectivity index (χ1) is 14.7. The fraction of sp³-hybridized carbons (Fsp3) is 0.238. The van der Waals surface area contributed by atoms with E-state index < -0.39 is 0 Å². The number of aromatic nitrogens is 4. The Morgan fingerprint density at radius 2 is 1.77 bits per heavy atom. The van der Waals surface area contributed by atoms with E-state index in [1.807, 2.05) is 6.07 Å². The van der Waals surface area contributed by atoms with Crippen molar-refractivity contribution in [3.63, 3.8) is 0 Å². The minimum absolute atomic E-state index is 0.278. The highest BCUT2D eigenvalue weighted by molar-refractivity contribution is 6.03. The van der Waals surface area contributed by atoms with Gasteiger partial charge in [0.2, 0.25) is 0 Å². The van der Waals surface area contributed by atoms with Gasteiger partial charge in [0, 0.05) is 22.5 Å². The molecule has 4 aromatic rings. The summed E-state index contributed by atoms with van der Waals surface area (Å²) in [4.78, 5) is 7.74. The van der Waals surface area contributed by atoms with E-state index in [9.17, 15) is 0 Å². The Morgan fingerprint density at radius 1 is 1.00 bits per heavy atom. The van der Waals surface area contributed by atoms with E-state index in [0.29, 0.717) is 28.5 Å². The molecule has 30 heavy (non-hydrogen) atoms. The second kappa shape index (κ2) is 8.24. The second-order valence-corrected chi connectivity index (χ2v) is 6.51. The molecule has 0 aliphatic rings. The van der Waals surface area contributed by atoms with Crippen LogP contribution in [-0.4, -0.2) is 47.7 Å². The first-order valence-corrected chi connectivity index (χ1v) is 9.41. The minimum atomic E-state index is 0.278. The van der Waals surface area contributed by atoms with E-state index in [4.69, 9.17) is 14.2 Å². The van der Waals surface area contributed by atoms with Crippen molar-refractivity contribution in [1.29, 1.82) is 0 Å². The molecule has 0 unspecified atom stereocenters. The molecular formula is C21H22N6O3. The summed E-state index contributed by atoms with van der Waals surface area (Å²) in [6.07, 6.45) is 2.55. The van der Waals surface area contributed by atoms with Crippen LogP contribution < -0.4 is 19.6 Å². The SMILES string of the molecule is CCc1ccc2[nH]c3nc(N/N=C\c4cc(OC)c(OC)cc4OC)nnc3c2c1. The van der Waals surface area contributed by atoms with Crippen LogP contribution in [0.2, 0.25) is 0 Å². The zero-order valence-electron chi connectivity index (χ0n) is 17.2. The molecule has 2 heterocycles. The third-order valence-corrected chi connectivity index (χ3v) is 4.79. The Hall–Kier alpha value is -3.88. The summed E-state index contributed by atoms with van der Waals surface area (Å²) in [5, 5.41) is 13.7. The predicted octanol–water partition coefficient (Wildman–Crippen LogP) is 3.54. The first-order valence-electron chi connectivity index (χ1n) is 9.41. The number of aryl methyl sites for hydroxylation is 1. The van der Waals surface area contributed by atoms with Crippen molar-refractivity contribution in [3.8, 4) is 17.2 Å². The van der Waals surface area contributed by atoms with Gasteiger partial charge in [-0.15, -0.1) is 10.2 Å². The lowest BCUT2D eigenvalue weighted by molar-refractivity contribution is 0.349. The van der Waals surface area contributed by atoms with Crippen molar-refractivity contribution in [2.75, 3.05) is 26.8 Å². The molecule has 0 aliphatic heterocycles. The fourth-order valence-electron chi connectivity index (χ4n) is 3.20. The van der Waals surface area contributed by atoms with E-state index >= 15 is 0 Å². The van der Waals surface area contributed by atoms with Gasteiger partial charge in [-0.1, -0.05) is 13.0 Å². The Labute approximate surface area is 173 Å². The number of hydrogen-bond donors (Lipinski definition) is 2. The molecule has 0 amide bonds. The number of hydrogen-bond acceptors (Lipinski definition) is 8. The summed E-state index contributed by atoms with van der Waals surface area (Å²) in [5.74, 6) is 2.02. The zero-order chi connectivity index (χ0) is 21.1. The molecule has 0 spiro atoms. The average Bonchev–Trinajstić information content (AvgIpc) is 3.15. The van der Waals surface area contributed by atoms with Gasteiger partial charge in [0.1, 0.15) is 11.3 Å². The Bertz CT molecular complexity index is 1230. The van der Waals surface area contributed by atoms with E-state index in [1.165, 1.54) is 5.56 Å². The summed E-state index contributed by atoms with van der Waals surface area (Å²) in [7, 11) is 4.72. The molecular weight excluding hydrogens is 384 g/mol. The van der Waals surface area contributed by atoms with Crippen molar-refractivity contribution >= 4 is 34.2 Å². The normalized spacial score (nSPS) is 11.3. The third-order valence-electron chi connectivity index (χ3n) is 4.79. The maximum Gasteiger partial charge on any atom is 0.265 e. The summed E-state index contributed by atoms with van der Waals surface area (Å²) < 4.78 is 16.0. The molecule has 2 aromatic carbocycles. The molecule has 0 saturated heterocycles. The van der Waals surface area contributed by atoms with Gasteiger partial charge in [0.15, 0.2) is 17.1 Å². The van der Waals surface area contributed by atoms with Crippen LogP contribution in [0, 0.1) is 0 Å². The lowest BCUT2D eigenvalue weighted by Gasteiger charge is -2.11. The third kappa shape index (κ3) is 3.57. The number of benzene rings is 2. The summed E-state index contributed by atoms with van der Waals surface area (Å²) in [5.41, 5.74) is 7.10. The van der Waals surface area contributed by atoms with E-state index in [1.54, 1.807) is 39.7 Å². The number of hydrazone groups is 1. The molecule has 0 atom stereocenters. The van der Waals surface area contributed by atoms with Crippen LogP contribution in [0.3, 0.4) is 0 Å². The Morgan fingerprint density at radius 3 is 2.50 bits per heavy atom. The number of ether oxygens (including phenoxy) is 3. The standard InChI is InChI=1S/C21H22N6O3/c1-5-12-6-7-15-14(8-12)19-20(23-15)24-21(27-25-19)26-22-11-13-9-17(29-3)18(30-4)10-16(13)28-2/h6-11H,5H2,1-4H3,(H2,23,24,26,27)/b22-11-. The quantitative estimate of drug-likeness (QED) is 0.357. The molecule has 9 nitrogen and oxygen atoms in total. The predicted molar refractivity (Wildman–Crippen MR) is 116 cm³/mol. The molecule has 2 aromatic heterocycles. The smallest absolute Gasteiger partial charge is 0.265 e. The Kier molecular flexibility index (Phi) is 5.34. The largest absolute Gasteiger partial charge is 0.496 e. The highest BCUT2D eigenvalue weighted by Crippen LogP contribution is 2.33. The number of H-pyrrole nitrogens is 1. The van der Waals surface area contributed by atoms with Gasteiger partial charge >= 0.3 is 0 Å². The molecule has 2 N–H and O–H groups in total. The lowest BCUT2D eigenvalue weighted by Crippen LogP contribution is -2.00. The molecule has 9 heteroatoms. The molecule has 0 saturated carbocycles. The van der Waals surface area contributed by atoms with Crippen molar-refractivity contribution < 1.29 is 14.2 Å². The van der Waals surface area contributed by atoms with Crippen molar-refractivity contribution in [2.24, 2.45) is 5.10 Å². The van der Waals surface area contributed by atoms with E-state index in [-0.39, 0.29) is 5.95 Å². The molecule has 0 radical (unpaired) electrons. The van der Waals surface area contributed by atoms with Crippen molar-refractivity contribution in [1.82, 2.24) is 20.2 Å². The van der Waals surface area contributed by atoms with Crippen LogP contribution >= 0.6 is 0 Å². The van der Waals surface area contributed by atoms with E-state index in [0.717, 1.165) is 22.8 Å². The van der Waals surface area contributed by atoms with Gasteiger partial charge in [-0.3, -0.25) is 0 Å². The number of anilines is 1. The van der Waals surface area contributed by atoms with Crippen LogP contribution in [0.1, 0.15) is 18.1 Å². The molecule has 0 bridgehead atoms. The lowest BCUT2D eigenvalue weighted by atomic mass is 10.1. The number of rotatable bonds is 7. The summed E-state index contributed by atoms with van der Waals surface area (Å²) >= 11 is 0. The van der Waals surface area contributed by atoms with E-state index in [2.05, 4.69) is 49.7 Å². The second-order valence-electron chi connectivity index (χ2n) is 6.51. The molecule has 4 rings (SSSR count). The van der Waals surface area contributed by atoms with Gasteiger partial charge in [0.25, 0.3) is 5.95 Å². The molecule has 0 aliphatic carbocycles. The summed E-state index contributed by atoms with van der Waals surface area (Å²) in [6.45, 7) is 2.12. The number of methoxy groups -OCH3 is 3. The zero-order valence-corrected chi connectivity index (χ0v) is 17.2.